The van der Waals surface area contributed by atoms with Crippen LogP contribution in [0.5, 0.6) is 5.75 Å². The monoisotopic (exact) mass is 431 g/mol. The highest BCUT2D eigenvalue weighted by Crippen LogP contribution is 2.15. The fourth-order valence-corrected chi connectivity index (χ4v) is 4.00. The number of primary sulfonamides is 1. The number of carbonyl (C=O) groups excluding carboxylic acids is 1. The van der Waals surface area contributed by atoms with E-state index in [1.165, 1.54) is 17.7 Å². The van der Waals surface area contributed by atoms with E-state index in [0.717, 1.165) is 45.6 Å². The summed E-state index contributed by atoms with van der Waals surface area (Å²) in [4.78, 5) is 16.7. The van der Waals surface area contributed by atoms with Gasteiger partial charge in [0.1, 0.15) is 12.4 Å². The third kappa shape index (κ3) is 6.83. The Morgan fingerprint density at radius 2 is 1.63 bits per heavy atom. The zero-order valence-electron chi connectivity index (χ0n) is 17.1. The van der Waals surface area contributed by atoms with Crippen LogP contribution < -0.4 is 9.88 Å². The summed E-state index contributed by atoms with van der Waals surface area (Å²) in [6.07, 6.45) is 2.40. The second-order valence-corrected chi connectivity index (χ2v) is 8.99. The number of ether oxygens (including phenoxy) is 1. The van der Waals surface area contributed by atoms with Crippen LogP contribution in [-0.4, -0.2) is 63.5 Å². The molecule has 0 atom stereocenters. The first-order valence-corrected chi connectivity index (χ1v) is 11.8. The summed E-state index contributed by atoms with van der Waals surface area (Å²) >= 11 is 0. The van der Waals surface area contributed by atoms with E-state index in [2.05, 4.69) is 17.0 Å². The SMILES string of the molecule is NS(=O)(=O)c1ccc(OCCN2CCN(C(=O)CCCc3ccccc3)CC2)cc1. The summed E-state index contributed by atoms with van der Waals surface area (Å²) in [5.74, 6) is 0.839. The second kappa shape index (κ2) is 10.6. The largest absolute Gasteiger partial charge is 0.492 e. The molecule has 0 spiro atoms. The lowest BCUT2D eigenvalue weighted by Gasteiger charge is -2.34. The zero-order chi connectivity index (χ0) is 21.4. The van der Waals surface area contributed by atoms with Gasteiger partial charge >= 0.3 is 0 Å². The number of aryl methyl sites for hydroxylation is 1. The molecule has 0 unspecified atom stereocenters. The Labute approximate surface area is 178 Å². The van der Waals surface area contributed by atoms with E-state index >= 15 is 0 Å². The number of rotatable bonds is 9. The van der Waals surface area contributed by atoms with Gasteiger partial charge in [0.25, 0.3) is 0 Å². The number of nitrogens with two attached hydrogens (primary N) is 1. The molecule has 0 saturated carbocycles. The number of carbonyl (C=O) groups is 1. The quantitative estimate of drug-likeness (QED) is 0.654. The van der Waals surface area contributed by atoms with E-state index in [4.69, 9.17) is 9.88 Å². The fraction of sp³-hybridized carbons (Fsp3) is 0.409. The maximum absolute atomic E-state index is 12.4. The van der Waals surface area contributed by atoms with Crippen molar-refractivity contribution in [3.8, 4) is 5.75 Å². The molecule has 0 bridgehead atoms. The average molecular weight is 432 g/mol. The Morgan fingerprint density at radius 3 is 2.27 bits per heavy atom. The standard InChI is InChI=1S/C22H29N3O4S/c23-30(27,28)21-11-9-20(10-12-21)29-18-17-24-13-15-25(16-14-24)22(26)8-4-7-19-5-2-1-3-6-19/h1-3,5-6,9-12H,4,7-8,13-18H2,(H2,23,27,28). The van der Waals surface area contributed by atoms with Crippen molar-refractivity contribution >= 4 is 15.9 Å². The molecule has 0 radical (unpaired) electrons. The molecule has 30 heavy (non-hydrogen) atoms. The highest BCUT2D eigenvalue weighted by molar-refractivity contribution is 7.89. The Hall–Kier alpha value is -2.42. The molecule has 2 aromatic rings. The van der Waals surface area contributed by atoms with Crippen molar-refractivity contribution in [2.24, 2.45) is 5.14 Å². The molecule has 8 heteroatoms. The zero-order valence-corrected chi connectivity index (χ0v) is 17.9. The van der Waals surface area contributed by atoms with Gasteiger partial charge in [-0.1, -0.05) is 30.3 Å². The molecule has 3 rings (SSSR count). The third-order valence-corrected chi connectivity index (χ3v) is 6.18. The lowest BCUT2D eigenvalue weighted by atomic mass is 10.1. The predicted octanol–water partition coefficient (Wildman–Crippen LogP) is 1.88. The van der Waals surface area contributed by atoms with Gasteiger partial charge in [-0.2, -0.15) is 0 Å². The summed E-state index contributed by atoms with van der Waals surface area (Å²) in [5.41, 5.74) is 1.27. The summed E-state index contributed by atoms with van der Waals surface area (Å²) in [7, 11) is -3.69. The van der Waals surface area contributed by atoms with Crippen molar-refractivity contribution in [3.63, 3.8) is 0 Å². The van der Waals surface area contributed by atoms with Crippen LogP contribution in [0.4, 0.5) is 0 Å². The molecular weight excluding hydrogens is 402 g/mol. The minimum absolute atomic E-state index is 0.0689. The number of sulfonamides is 1. The lowest BCUT2D eigenvalue weighted by molar-refractivity contribution is -0.133. The van der Waals surface area contributed by atoms with Crippen molar-refractivity contribution in [1.82, 2.24) is 9.80 Å². The fourth-order valence-electron chi connectivity index (χ4n) is 3.49. The molecular formula is C22H29N3O4S. The normalized spacial score (nSPS) is 15.2. The number of hydrogen-bond acceptors (Lipinski definition) is 5. The van der Waals surface area contributed by atoms with Crippen molar-refractivity contribution < 1.29 is 17.9 Å². The Kier molecular flexibility index (Phi) is 7.84. The smallest absolute Gasteiger partial charge is 0.238 e. The summed E-state index contributed by atoms with van der Waals surface area (Å²) in [5, 5.41) is 5.09. The van der Waals surface area contributed by atoms with E-state index in [-0.39, 0.29) is 10.8 Å². The minimum Gasteiger partial charge on any atom is -0.492 e. The van der Waals surface area contributed by atoms with Gasteiger partial charge in [-0.15, -0.1) is 0 Å². The molecule has 0 aromatic heterocycles. The van der Waals surface area contributed by atoms with Gasteiger partial charge < -0.3 is 9.64 Å². The molecule has 1 aliphatic rings. The van der Waals surface area contributed by atoms with Crippen molar-refractivity contribution in [1.29, 1.82) is 0 Å². The van der Waals surface area contributed by atoms with E-state index < -0.39 is 10.0 Å². The van der Waals surface area contributed by atoms with Crippen LogP contribution in [0.1, 0.15) is 18.4 Å². The van der Waals surface area contributed by atoms with Gasteiger partial charge in [-0.05, 0) is 42.7 Å². The predicted molar refractivity (Wildman–Crippen MR) is 116 cm³/mol. The van der Waals surface area contributed by atoms with Crippen LogP contribution in [0.3, 0.4) is 0 Å². The molecule has 1 fully saturated rings. The molecule has 2 N–H and O–H groups in total. The third-order valence-electron chi connectivity index (χ3n) is 5.25. The molecule has 1 saturated heterocycles. The maximum atomic E-state index is 12.4. The van der Waals surface area contributed by atoms with Crippen LogP contribution in [0.2, 0.25) is 0 Å². The highest BCUT2D eigenvalue weighted by Gasteiger charge is 2.20. The van der Waals surface area contributed by atoms with Crippen molar-refractivity contribution in [3.05, 3.63) is 60.2 Å². The molecule has 7 nitrogen and oxygen atoms in total. The van der Waals surface area contributed by atoms with E-state index in [9.17, 15) is 13.2 Å². The maximum Gasteiger partial charge on any atom is 0.238 e. The molecule has 1 aliphatic heterocycles. The number of benzene rings is 2. The molecule has 1 amide bonds. The number of piperazine rings is 1. The molecule has 1 heterocycles. The van der Waals surface area contributed by atoms with Crippen LogP contribution in [0, 0.1) is 0 Å². The second-order valence-electron chi connectivity index (χ2n) is 7.43. The van der Waals surface area contributed by atoms with E-state index in [1.54, 1.807) is 12.1 Å². The minimum atomic E-state index is -3.69. The lowest BCUT2D eigenvalue weighted by Crippen LogP contribution is -2.49. The summed E-state index contributed by atoms with van der Waals surface area (Å²) in [6.45, 7) is 4.41. The Morgan fingerprint density at radius 1 is 0.967 bits per heavy atom. The number of nitrogens with zero attached hydrogens (tertiary/aromatic N) is 2. The molecule has 0 aliphatic carbocycles. The number of hydrogen-bond donors (Lipinski definition) is 1. The van der Waals surface area contributed by atoms with Crippen LogP contribution >= 0.6 is 0 Å². The van der Waals surface area contributed by atoms with Crippen LogP contribution in [-0.2, 0) is 21.2 Å². The first kappa shape index (κ1) is 22.3. The highest BCUT2D eigenvalue weighted by atomic mass is 32.2. The van der Waals surface area contributed by atoms with Gasteiger partial charge in [-0.3, -0.25) is 9.69 Å². The number of amides is 1. The van der Waals surface area contributed by atoms with Crippen molar-refractivity contribution in [2.45, 2.75) is 24.2 Å². The van der Waals surface area contributed by atoms with E-state index in [0.29, 0.717) is 18.8 Å². The van der Waals surface area contributed by atoms with Crippen LogP contribution in [0.25, 0.3) is 0 Å². The van der Waals surface area contributed by atoms with E-state index in [1.807, 2.05) is 23.1 Å². The summed E-state index contributed by atoms with van der Waals surface area (Å²) in [6, 6.07) is 16.3. The Balaban J connectivity index is 1.32. The van der Waals surface area contributed by atoms with Gasteiger partial charge in [-0.25, -0.2) is 13.6 Å². The summed E-state index contributed by atoms with van der Waals surface area (Å²) < 4.78 is 28.2. The average Bonchev–Trinajstić information content (AvgIpc) is 2.75. The first-order valence-electron chi connectivity index (χ1n) is 10.2. The van der Waals surface area contributed by atoms with Crippen molar-refractivity contribution in [2.75, 3.05) is 39.3 Å². The van der Waals surface area contributed by atoms with Gasteiger partial charge in [0.2, 0.25) is 15.9 Å². The van der Waals surface area contributed by atoms with Gasteiger partial charge in [0.05, 0.1) is 4.90 Å². The van der Waals surface area contributed by atoms with Gasteiger partial charge in [0, 0.05) is 39.1 Å². The molecule has 162 valence electrons. The Bertz CT molecular complexity index is 909. The first-order chi connectivity index (χ1) is 14.4. The van der Waals surface area contributed by atoms with Gasteiger partial charge in [0.15, 0.2) is 0 Å². The topological polar surface area (TPSA) is 92.9 Å². The van der Waals surface area contributed by atoms with Crippen LogP contribution in [0.15, 0.2) is 59.5 Å². The molecule has 2 aromatic carbocycles.